The fourth-order valence-electron chi connectivity index (χ4n) is 2.37. The van der Waals surface area contributed by atoms with Crippen molar-refractivity contribution in [1.82, 2.24) is 5.32 Å². The van der Waals surface area contributed by atoms with E-state index < -0.39 is 0 Å². The van der Waals surface area contributed by atoms with Gasteiger partial charge >= 0.3 is 0 Å². The van der Waals surface area contributed by atoms with E-state index in [0.29, 0.717) is 6.61 Å². The predicted molar refractivity (Wildman–Crippen MR) is 88.9 cm³/mol. The van der Waals surface area contributed by atoms with Crippen molar-refractivity contribution in [3.63, 3.8) is 0 Å². The SMILES string of the molecule is CCCNC(COc1ccc(C)cc1)c1ccccc1C. The van der Waals surface area contributed by atoms with E-state index >= 15 is 0 Å². The highest BCUT2D eigenvalue weighted by Crippen LogP contribution is 2.20. The lowest BCUT2D eigenvalue weighted by molar-refractivity contribution is 0.266. The van der Waals surface area contributed by atoms with E-state index in [1.54, 1.807) is 0 Å². The van der Waals surface area contributed by atoms with Crippen LogP contribution in [0.5, 0.6) is 5.75 Å². The summed E-state index contributed by atoms with van der Waals surface area (Å²) in [6, 6.07) is 17.0. The highest BCUT2D eigenvalue weighted by atomic mass is 16.5. The van der Waals surface area contributed by atoms with Crippen molar-refractivity contribution in [1.29, 1.82) is 0 Å². The number of hydrogen-bond donors (Lipinski definition) is 1. The second-order valence-electron chi connectivity index (χ2n) is 5.49. The van der Waals surface area contributed by atoms with Gasteiger partial charge in [0.05, 0.1) is 6.04 Å². The fourth-order valence-corrected chi connectivity index (χ4v) is 2.37. The molecule has 2 nitrogen and oxygen atoms in total. The third kappa shape index (κ3) is 4.61. The molecule has 2 heteroatoms. The van der Waals surface area contributed by atoms with Gasteiger partial charge < -0.3 is 10.1 Å². The van der Waals surface area contributed by atoms with E-state index in [9.17, 15) is 0 Å². The zero-order chi connectivity index (χ0) is 15.1. The summed E-state index contributed by atoms with van der Waals surface area (Å²) < 4.78 is 5.97. The molecule has 2 aromatic carbocycles. The molecule has 0 fully saturated rings. The molecule has 0 spiro atoms. The predicted octanol–water partition coefficient (Wildman–Crippen LogP) is 4.42. The van der Waals surface area contributed by atoms with Crippen LogP contribution in [0.25, 0.3) is 0 Å². The molecule has 1 atom stereocenters. The first-order valence-electron chi connectivity index (χ1n) is 7.69. The van der Waals surface area contributed by atoms with Crippen LogP contribution in [0.1, 0.15) is 36.1 Å². The van der Waals surface area contributed by atoms with Gasteiger partial charge in [0.15, 0.2) is 0 Å². The minimum Gasteiger partial charge on any atom is -0.492 e. The summed E-state index contributed by atoms with van der Waals surface area (Å²) in [4.78, 5) is 0. The first kappa shape index (κ1) is 15.6. The van der Waals surface area contributed by atoms with Crippen molar-refractivity contribution >= 4 is 0 Å². The molecule has 0 heterocycles. The molecule has 0 aliphatic rings. The van der Waals surface area contributed by atoms with Gasteiger partial charge in [-0.1, -0.05) is 48.9 Å². The Morgan fingerprint density at radius 3 is 2.38 bits per heavy atom. The van der Waals surface area contributed by atoms with Crippen LogP contribution >= 0.6 is 0 Å². The van der Waals surface area contributed by atoms with Gasteiger partial charge in [-0.3, -0.25) is 0 Å². The lowest BCUT2D eigenvalue weighted by Gasteiger charge is -2.21. The number of hydrogen-bond acceptors (Lipinski definition) is 2. The Hall–Kier alpha value is -1.80. The molecule has 0 saturated carbocycles. The Morgan fingerprint density at radius 2 is 1.71 bits per heavy atom. The Balaban J connectivity index is 2.06. The lowest BCUT2D eigenvalue weighted by atomic mass is 10.0. The van der Waals surface area contributed by atoms with Crippen LogP contribution in [0.4, 0.5) is 0 Å². The van der Waals surface area contributed by atoms with Crippen molar-refractivity contribution in [2.45, 2.75) is 33.2 Å². The molecule has 1 unspecified atom stereocenters. The van der Waals surface area contributed by atoms with Gasteiger partial charge in [0.1, 0.15) is 12.4 Å². The molecule has 112 valence electrons. The molecule has 1 N–H and O–H groups in total. The lowest BCUT2D eigenvalue weighted by Crippen LogP contribution is -2.28. The molecule has 2 rings (SSSR count). The third-order valence-electron chi connectivity index (χ3n) is 3.64. The van der Waals surface area contributed by atoms with Crippen LogP contribution in [0.3, 0.4) is 0 Å². The average Bonchev–Trinajstić information content (AvgIpc) is 2.50. The molecule has 21 heavy (non-hydrogen) atoms. The van der Waals surface area contributed by atoms with Crippen molar-refractivity contribution in [2.75, 3.05) is 13.2 Å². The molecule has 0 aliphatic carbocycles. The highest BCUT2D eigenvalue weighted by Gasteiger charge is 2.13. The van der Waals surface area contributed by atoms with Gasteiger partial charge in [-0.05, 0) is 50.1 Å². The molecule has 2 aromatic rings. The van der Waals surface area contributed by atoms with Crippen molar-refractivity contribution in [2.24, 2.45) is 0 Å². The molecule has 0 amide bonds. The molecule has 0 aliphatic heterocycles. The maximum Gasteiger partial charge on any atom is 0.119 e. The van der Waals surface area contributed by atoms with Gasteiger partial charge in [0, 0.05) is 0 Å². The smallest absolute Gasteiger partial charge is 0.119 e. The summed E-state index contributed by atoms with van der Waals surface area (Å²) in [7, 11) is 0. The molecule has 0 radical (unpaired) electrons. The first-order chi connectivity index (χ1) is 10.2. The van der Waals surface area contributed by atoms with Crippen LogP contribution < -0.4 is 10.1 Å². The first-order valence-corrected chi connectivity index (χ1v) is 7.69. The minimum atomic E-state index is 0.229. The van der Waals surface area contributed by atoms with Gasteiger partial charge in [-0.25, -0.2) is 0 Å². The van der Waals surface area contributed by atoms with E-state index in [4.69, 9.17) is 4.74 Å². The minimum absolute atomic E-state index is 0.229. The summed E-state index contributed by atoms with van der Waals surface area (Å²) in [5.74, 6) is 0.928. The van der Waals surface area contributed by atoms with E-state index in [-0.39, 0.29) is 6.04 Å². The van der Waals surface area contributed by atoms with Crippen LogP contribution in [0.15, 0.2) is 48.5 Å². The van der Waals surface area contributed by atoms with Crippen LogP contribution in [0, 0.1) is 13.8 Å². The fraction of sp³-hybridized carbons (Fsp3) is 0.368. The quantitative estimate of drug-likeness (QED) is 0.812. The van der Waals surface area contributed by atoms with Crippen molar-refractivity contribution in [3.8, 4) is 5.75 Å². The number of rotatable bonds is 7. The molecule has 0 aromatic heterocycles. The topological polar surface area (TPSA) is 21.3 Å². The summed E-state index contributed by atoms with van der Waals surface area (Å²) in [6.45, 7) is 8.07. The van der Waals surface area contributed by atoms with E-state index in [0.717, 1.165) is 18.7 Å². The number of aryl methyl sites for hydroxylation is 2. The van der Waals surface area contributed by atoms with E-state index in [1.165, 1.54) is 16.7 Å². The standard InChI is InChI=1S/C19H25NO/c1-4-13-20-19(18-8-6-5-7-16(18)3)14-21-17-11-9-15(2)10-12-17/h5-12,19-20H,4,13-14H2,1-3H3. The van der Waals surface area contributed by atoms with Gasteiger partial charge in [-0.2, -0.15) is 0 Å². The van der Waals surface area contributed by atoms with Crippen molar-refractivity contribution < 1.29 is 4.74 Å². The largest absolute Gasteiger partial charge is 0.492 e. The maximum atomic E-state index is 5.97. The zero-order valence-corrected chi connectivity index (χ0v) is 13.2. The monoisotopic (exact) mass is 283 g/mol. The highest BCUT2D eigenvalue weighted by molar-refractivity contribution is 5.30. The summed E-state index contributed by atoms with van der Waals surface area (Å²) in [5, 5.41) is 3.58. The van der Waals surface area contributed by atoms with Crippen LogP contribution in [0.2, 0.25) is 0 Å². The van der Waals surface area contributed by atoms with Gasteiger partial charge in [-0.15, -0.1) is 0 Å². The van der Waals surface area contributed by atoms with Crippen LogP contribution in [-0.4, -0.2) is 13.2 Å². The average molecular weight is 283 g/mol. The van der Waals surface area contributed by atoms with Crippen LogP contribution in [-0.2, 0) is 0 Å². The second-order valence-corrected chi connectivity index (χ2v) is 5.49. The molecular weight excluding hydrogens is 258 g/mol. The summed E-state index contributed by atoms with van der Waals surface area (Å²) in [6.07, 6.45) is 1.12. The van der Waals surface area contributed by atoms with Gasteiger partial charge in [0.25, 0.3) is 0 Å². The number of benzene rings is 2. The van der Waals surface area contributed by atoms with Crippen molar-refractivity contribution in [3.05, 3.63) is 65.2 Å². The van der Waals surface area contributed by atoms with Gasteiger partial charge in [0.2, 0.25) is 0 Å². The molecule has 0 bridgehead atoms. The second kappa shape index (κ2) is 7.84. The Kier molecular flexibility index (Phi) is 5.82. The zero-order valence-electron chi connectivity index (χ0n) is 13.2. The molecular formula is C19H25NO. The van der Waals surface area contributed by atoms with E-state index in [1.807, 2.05) is 12.1 Å². The Bertz CT molecular complexity index is 548. The van der Waals surface area contributed by atoms with E-state index in [2.05, 4.69) is 62.5 Å². The summed E-state index contributed by atoms with van der Waals surface area (Å²) in [5.41, 5.74) is 3.87. The Labute approximate surface area is 128 Å². The Morgan fingerprint density at radius 1 is 1.00 bits per heavy atom. The maximum absolute atomic E-state index is 5.97. The third-order valence-corrected chi connectivity index (χ3v) is 3.64. The number of nitrogens with one attached hydrogen (secondary N) is 1. The molecule has 0 saturated heterocycles. The number of ether oxygens (including phenoxy) is 1. The summed E-state index contributed by atoms with van der Waals surface area (Å²) >= 11 is 0. The normalized spacial score (nSPS) is 12.1.